The summed E-state index contributed by atoms with van der Waals surface area (Å²) in [4.78, 5) is 0. The van der Waals surface area contributed by atoms with E-state index >= 15 is 0 Å². The first-order valence-electron chi connectivity index (χ1n) is 3.19. The number of azo groups is 1. The largest absolute Gasteiger partial charge is 0.192 e. The Kier molecular flexibility index (Phi) is 2.15. The predicted octanol–water partition coefficient (Wildman–Crippen LogP) is 2.47. The summed E-state index contributed by atoms with van der Waals surface area (Å²) in [5.74, 6) is 0. The quantitative estimate of drug-likeness (QED) is 0.492. The molecule has 0 aromatic heterocycles. The Bertz CT molecular complexity index is 221. The lowest BCUT2D eigenvalue weighted by Gasteiger charge is -2.01. The molecule has 0 spiro atoms. The Labute approximate surface area is 60.7 Å². The SMILES string of the molecule is C=C1C=CCC(N=NC)=C1. The molecule has 52 valence electrons. The summed E-state index contributed by atoms with van der Waals surface area (Å²) in [5.41, 5.74) is 1.98. The van der Waals surface area contributed by atoms with Gasteiger partial charge in [0.25, 0.3) is 0 Å². The Hall–Kier alpha value is -1.18. The Morgan fingerprint density at radius 3 is 3.00 bits per heavy atom. The topological polar surface area (TPSA) is 24.7 Å². The second kappa shape index (κ2) is 3.11. The molecule has 0 atom stereocenters. The van der Waals surface area contributed by atoms with Crippen molar-refractivity contribution in [1.29, 1.82) is 0 Å². The van der Waals surface area contributed by atoms with Gasteiger partial charge in [0.1, 0.15) is 0 Å². The second-order valence-electron chi connectivity index (χ2n) is 2.12. The van der Waals surface area contributed by atoms with Crippen molar-refractivity contribution in [3.05, 3.63) is 36.1 Å². The molecule has 2 nitrogen and oxygen atoms in total. The van der Waals surface area contributed by atoms with Crippen molar-refractivity contribution in [2.75, 3.05) is 7.05 Å². The molecule has 1 rings (SSSR count). The number of hydrogen-bond acceptors (Lipinski definition) is 2. The summed E-state index contributed by atoms with van der Waals surface area (Å²) < 4.78 is 0. The average Bonchev–Trinajstić information content (AvgIpc) is 1.88. The molecule has 10 heavy (non-hydrogen) atoms. The minimum Gasteiger partial charge on any atom is -0.192 e. The normalized spacial score (nSPS) is 18.1. The number of rotatable bonds is 1. The molecule has 0 fully saturated rings. The minimum absolute atomic E-state index is 0.871. The van der Waals surface area contributed by atoms with Crippen LogP contribution in [-0.2, 0) is 0 Å². The molecule has 0 unspecified atom stereocenters. The van der Waals surface area contributed by atoms with Crippen molar-refractivity contribution in [3.63, 3.8) is 0 Å². The first-order chi connectivity index (χ1) is 4.83. The van der Waals surface area contributed by atoms with E-state index in [1.807, 2.05) is 18.2 Å². The summed E-state index contributed by atoms with van der Waals surface area (Å²) in [5, 5.41) is 7.58. The summed E-state index contributed by atoms with van der Waals surface area (Å²) >= 11 is 0. The molecule has 2 heteroatoms. The monoisotopic (exact) mass is 134 g/mol. The van der Waals surface area contributed by atoms with Crippen LogP contribution in [0.2, 0.25) is 0 Å². The molecule has 0 aromatic carbocycles. The van der Waals surface area contributed by atoms with Crippen LogP contribution in [0.25, 0.3) is 0 Å². The molecule has 0 aliphatic heterocycles. The fraction of sp³-hybridized carbons (Fsp3) is 0.250. The van der Waals surface area contributed by atoms with E-state index in [1.165, 1.54) is 0 Å². The zero-order valence-corrected chi connectivity index (χ0v) is 6.04. The van der Waals surface area contributed by atoms with E-state index in [1.54, 1.807) is 7.05 Å². The predicted molar refractivity (Wildman–Crippen MR) is 41.8 cm³/mol. The van der Waals surface area contributed by atoms with Crippen LogP contribution in [0, 0.1) is 0 Å². The van der Waals surface area contributed by atoms with Crippen molar-refractivity contribution >= 4 is 0 Å². The molecule has 1 aliphatic carbocycles. The van der Waals surface area contributed by atoms with E-state index in [0.717, 1.165) is 17.7 Å². The van der Waals surface area contributed by atoms with Gasteiger partial charge >= 0.3 is 0 Å². The van der Waals surface area contributed by atoms with Crippen LogP contribution < -0.4 is 0 Å². The maximum absolute atomic E-state index is 3.91. The third-order valence-electron chi connectivity index (χ3n) is 1.24. The third kappa shape index (κ3) is 1.65. The highest BCUT2D eigenvalue weighted by atomic mass is 15.1. The van der Waals surface area contributed by atoms with Crippen molar-refractivity contribution in [1.82, 2.24) is 0 Å². The molecule has 0 heterocycles. The summed E-state index contributed by atoms with van der Waals surface area (Å²) in [6.45, 7) is 3.78. The average molecular weight is 134 g/mol. The summed E-state index contributed by atoms with van der Waals surface area (Å²) in [6, 6.07) is 0. The smallest absolute Gasteiger partial charge is 0.0669 e. The summed E-state index contributed by atoms with van der Waals surface area (Å²) in [6.07, 6.45) is 6.82. The molecular weight excluding hydrogens is 124 g/mol. The van der Waals surface area contributed by atoms with E-state index in [4.69, 9.17) is 0 Å². The molecule has 0 amide bonds. The number of allylic oxidation sites excluding steroid dienone is 4. The zero-order valence-electron chi connectivity index (χ0n) is 6.04. The Morgan fingerprint density at radius 1 is 1.60 bits per heavy atom. The molecule has 0 saturated heterocycles. The van der Waals surface area contributed by atoms with E-state index in [2.05, 4.69) is 16.8 Å². The lowest BCUT2D eigenvalue weighted by molar-refractivity contribution is 1.02. The van der Waals surface area contributed by atoms with Crippen LogP contribution >= 0.6 is 0 Å². The zero-order chi connectivity index (χ0) is 7.40. The maximum Gasteiger partial charge on any atom is 0.0669 e. The van der Waals surface area contributed by atoms with Crippen LogP contribution in [0.5, 0.6) is 0 Å². The maximum atomic E-state index is 3.91. The van der Waals surface area contributed by atoms with Gasteiger partial charge in [0.15, 0.2) is 0 Å². The summed E-state index contributed by atoms with van der Waals surface area (Å²) in [7, 11) is 1.67. The third-order valence-corrected chi connectivity index (χ3v) is 1.24. The van der Waals surface area contributed by atoms with Gasteiger partial charge in [-0.05, 0) is 11.6 Å². The molecule has 0 N–H and O–H groups in total. The van der Waals surface area contributed by atoms with E-state index in [0.29, 0.717) is 0 Å². The van der Waals surface area contributed by atoms with Gasteiger partial charge in [-0.1, -0.05) is 18.7 Å². The van der Waals surface area contributed by atoms with E-state index < -0.39 is 0 Å². The first-order valence-corrected chi connectivity index (χ1v) is 3.19. The van der Waals surface area contributed by atoms with Gasteiger partial charge in [0.2, 0.25) is 0 Å². The van der Waals surface area contributed by atoms with Gasteiger partial charge in [-0.2, -0.15) is 10.2 Å². The molecule has 1 aliphatic rings. The Morgan fingerprint density at radius 2 is 2.40 bits per heavy atom. The molecule has 0 radical (unpaired) electrons. The van der Waals surface area contributed by atoms with Crippen LogP contribution in [0.3, 0.4) is 0 Å². The minimum atomic E-state index is 0.871. The first kappa shape index (κ1) is 6.93. The van der Waals surface area contributed by atoms with Gasteiger partial charge in [0.05, 0.1) is 5.70 Å². The van der Waals surface area contributed by atoms with Crippen molar-refractivity contribution in [2.24, 2.45) is 10.2 Å². The van der Waals surface area contributed by atoms with Gasteiger partial charge in [-0.15, -0.1) is 0 Å². The number of nitrogens with zero attached hydrogens (tertiary/aromatic N) is 2. The van der Waals surface area contributed by atoms with Crippen LogP contribution in [-0.4, -0.2) is 7.05 Å². The number of hydrogen-bond donors (Lipinski definition) is 0. The highest BCUT2D eigenvalue weighted by molar-refractivity contribution is 5.35. The molecule has 0 bridgehead atoms. The van der Waals surface area contributed by atoms with Gasteiger partial charge < -0.3 is 0 Å². The molecule has 0 saturated carbocycles. The van der Waals surface area contributed by atoms with E-state index in [-0.39, 0.29) is 0 Å². The fourth-order valence-corrected chi connectivity index (χ4v) is 0.850. The lowest BCUT2D eigenvalue weighted by atomic mass is 10.1. The van der Waals surface area contributed by atoms with Crippen LogP contribution in [0.4, 0.5) is 0 Å². The fourth-order valence-electron chi connectivity index (χ4n) is 0.850. The molecule has 0 aromatic rings. The highest BCUT2D eigenvalue weighted by Crippen LogP contribution is 2.14. The second-order valence-corrected chi connectivity index (χ2v) is 2.12. The van der Waals surface area contributed by atoms with Gasteiger partial charge in [-0.25, -0.2) is 0 Å². The molecular formula is C8H10N2. The van der Waals surface area contributed by atoms with Crippen molar-refractivity contribution in [3.8, 4) is 0 Å². The lowest BCUT2D eigenvalue weighted by Crippen LogP contribution is -1.83. The van der Waals surface area contributed by atoms with E-state index in [9.17, 15) is 0 Å². The van der Waals surface area contributed by atoms with Crippen molar-refractivity contribution in [2.45, 2.75) is 6.42 Å². The highest BCUT2D eigenvalue weighted by Gasteiger charge is 1.97. The van der Waals surface area contributed by atoms with Crippen LogP contribution in [0.15, 0.2) is 46.3 Å². The Balaban J connectivity index is 2.71. The van der Waals surface area contributed by atoms with Crippen molar-refractivity contribution < 1.29 is 0 Å². The van der Waals surface area contributed by atoms with Gasteiger partial charge in [0, 0.05) is 13.5 Å². The van der Waals surface area contributed by atoms with Crippen LogP contribution in [0.1, 0.15) is 6.42 Å². The van der Waals surface area contributed by atoms with Gasteiger partial charge in [-0.3, -0.25) is 0 Å². The standard InChI is InChI=1S/C8H10N2/c1-7-4-3-5-8(6-7)10-9-2/h3-4,6H,1,5H2,2H3.